The van der Waals surface area contributed by atoms with Gasteiger partial charge in [0.1, 0.15) is 11.8 Å². The van der Waals surface area contributed by atoms with Gasteiger partial charge in [0.05, 0.1) is 23.7 Å². The first-order chi connectivity index (χ1) is 19.3. The van der Waals surface area contributed by atoms with Gasteiger partial charge in [-0.25, -0.2) is 13.1 Å². The standard InChI is InChI=1S/C29H38N6O4S/c1-20(2)17-30-18-21-7-12-26-22(15-21)5-4-6-27(26)34-19-23(32-33-34)16-28-29(36)31-13-14-35(28)40(37,38)25-10-8-24(39-3)9-11-25/h7-12,15,19-20,27-28,30H,4-6,13-14,16-18H2,1-3H3,(H,31,36)/t27-,28-/m1/s1. The molecule has 2 aliphatic rings. The van der Waals surface area contributed by atoms with Crippen molar-refractivity contribution in [1.82, 2.24) is 29.9 Å². The highest BCUT2D eigenvalue weighted by molar-refractivity contribution is 7.89. The molecular formula is C29H38N6O4S. The number of nitrogens with zero attached hydrogens (tertiary/aromatic N) is 4. The molecule has 5 rings (SSSR count). The largest absolute Gasteiger partial charge is 0.497 e. The number of piperazine rings is 1. The SMILES string of the molecule is COc1ccc(S(=O)(=O)N2CCNC(=O)[C@H]2Cc2cn([C@@H]3CCCc4cc(CNCC(C)C)ccc43)nn2)cc1. The third-order valence-electron chi connectivity index (χ3n) is 7.60. The maximum atomic E-state index is 13.5. The maximum absolute atomic E-state index is 13.5. The quantitative estimate of drug-likeness (QED) is 0.387. The molecule has 1 aliphatic heterocycles. The minimum absolute atomic E-state index is 0.0574. The van der Waals surface area contributed by atoms with Gasteiger partial charge in [-0.1, -0.05) is 37.3 Å². The van der Waals surface area contributed by atoms with Crippen molar-refractivity contribution in [2.24, 2.45) is 5.92 Å². The second-order valence-electron chi connectivity index (χ2n) is 11.0. The van der Waals surface area contributed by atoms with Crippen LogP contribution in [0.2, 0.25) is 0 Å². The van der Waals surface area contributed by atoms with E-state index in [0.717, 1.165) is 32.4 Å². The fourth-order valence-corrected chi connectivity index (χ4v) is 7.14. The lowest BCUT2D eigenvalue weighted by molar-refractivity contribution is -0.126. The Morgan fingerprint density at radius 2 is 1.98 bits per heavy atom. The Bertz CT molecular complexity index is 1440. The molecule has 2 aromatic carbocycles. The van der Waals surface area contributed by atoms with E-state index < -0.39 is 16.1 Å². The van der Waals surface area contributed by atoms with E-state index in [0.29, 0.717) is 17.4 Å². The number of carbonyl (C=O) groups excluding carboxylic acids is 1. The molecule has 2 heterocycles. The lowest BCUT2D eigenvalue weighted by Crippen LogP contribution is -2.57. The van der Waals surface area contributed by atoms with E-state index in [1.807, 2.05) is 10.9 Å². The number of nitrogens with one attached hydrogen (secondary N) is 2. The molecule has 0 spiro atoms. The van der Waals surface area contributed by atoms with Gasteiger partial charge in [-0.15, -0.1) is 5.10 Å². The van der Waals surface area contributed by atoms with Gasteiger partial charge in [-0.05, 0) is 72.7 Å². The summed E-state index contributed by atoms with van der Waals surface area (Å²) in [5, 5.41) is 15.1. The average molecular weight is 567 g/mol. The number of benzene rings is 2. The summed E-state index contributed by atoms with van der Waals surface area (Å²) >= 11 is 0. The number of aromatic nitrogens is 3. The highest BCUT2D eigenvalue weighted by atomic mass is 32.2. The van der Waals surface area contributed by atoms with Crippen molar-refractivity contribution in [3.8, 4) is 5.75 Å². The third kappa shape index (κ3) is 6.06. The minimum atomic E-state index is -3.90. The van der Waals surface area contributed by atoms with E-state index in [2.05, 4.69) is 53.0 Å². The lowest BCUT2D eigenvalue weighted by Gasteiger charge is -2.33. The molecule has 10 nitrogen and oxygen atoms in total. The topological polar surface area (TPSA) is 118 Å². The van der Waals surface area contributed by atoms with Gasteiger partial charge < -0.3 is 15.4 Å². The summed E-state index contributed by atoms with van der Waals surface area (Å²) in [6, 6.07) is 12.0. The average Bonchev–Trinajstić information content (AvgIpc) is 3.42. The normalized spacial score (nSPS) is 19.9. The van der Waals surface area contributed by atoms with E-state index in [4.69, 9.17) is 4.74 Å². The first-order valence-corrected chi connectivity index (χ1v) is 15.4. The summed E-state index contributed by atoms with van der Waals surface area (Å²) in [6.07, 6.45) is 5.03. The third-order valence-corrected chi connectivity index (χ3v) is 9.52. The van der Waals surface area contributed by atoms with Crippen molar-refractivity contribution in [2.45, 2.75) is 63.1 Å². The number of amides is 1. The fraction of sp³-hybridized carbons (Fsp3) is 0.483. The Morgan fingerprint density at radius 3 is 2.73 bits per heavy atom. The molecule has 0 unspecified atom stereocenters. The molecule has 0 bridgehead atoms. The number of hydrogen-bond donors (Lipinski definition) is 2. The van der Waals surface area contributed by atoms with Crippen molar-refractivity contribution in [3.63, 3.8) is 0 Å². The molecule has 1 aromatic heterocycles. The first-order valence-electron chi connectivity index (χ1n) is 13.9. The fourth-order valence-electron chi connectivity index (χ4n) is 5.55. The predicted molar refractivity (Wildman–Crippen MR) is 151 cm³/mol. The Labute approximate surface area is 236 Å². The number of methoxy groups -OCH3 is 1. The van der Waals surface area contributed by atoms with Gasteiger partial charge in [-0.2, -0.15) is 4.31 Å². The predicted octanol–water partition coefficient (Wildman–Crippen LogP) is 2.69. The molecule has 2 atom stereocenters. The molecule has 1 amide bonds. The van der Waals surface area contributed by atoms with Gasteiger partial charge in [0.25, 0.3) is 0 Å². The summed E-state index contributed by atoms with van der Waals surface area (Å²) in [5.41, 5.74) is 4.44. The minimum Gasteiger partial charge on any atom is -0.497 e. The Morgan fingerprint density at radius 1 is 1.18 bits per heavy atom. The van der Waals surface area contributed by atoms with Gasteiger partial charge in [0.2, 0.25) is 15.9 Å². The molecule has 3 aromatic rings. The zero-order valence-corrected chi connectivity index (χ0v) is 24.2. The van der Waals surface area contributed by atoms with Crippen molar-refractivity contribution in [2.75, 3.05) is 26.7 Å². The Hall–Kier alpha value is -3.28. The zero-order chi connectivity index (χ0) is 28.3. The van der Waals surface area contributed by atoms with Crippen LogP contribution in [-0.4, -0.2) is 66.4 Å². The molecular weight excluding hydrogens is 528 g/mol. The Kier molecular flexibility index (Phi) is 8.53. The summed E-state index contributed by atoms with van der Waals surface area (Å²) in [7, 11) is -2.38. The van der Waals surface area contributed by atoms with Crippen LogP contribution in [0.3, 0.4) is 0 Å². The van der Waals surface area contributed by atoms with Crippen LogP contribution < -0.4 is 15.4 Å². The molecule has 214 valence electrons. The van der Waals surface area contributed by atoms with E-state index in [9.17, 15) is 13.2 Å². The van der Waals surface area contributed by atoms with Crippen molar-refractivity contribution in [1.29, 1.82) is 0 Å². The van der Waals surface area contributed by atoms with Crippen molar-refractivity contribution in [3.05, 3.63) is 71.0 Å². The zero-order valence-electron chi connectivity index (χ0n) is 23.3. The van der Waals surface area contributed by atoms with Crippen LogP contribution >= 0.6 is 0 Å². The smallest absolute Gasteiger partial charge is 0.243 e. The van der Waals surface area contributed by atoms with E-state index >= 15 is 0 Å². The number of carbonyl (C=O) groups is 1. The molecule has 0 saturated carbocycles. The maximum Gasteiger partial charge on any atom is 0.243 e. The number of rotatable bonds is 10. The molecule has 40 heavy (non-hydrogen) atoms. The first kappa shape index (κ1) is 28.3. The van der Waals surface area contributed by atoms with Gasteiger partial charge in [0, 0.05) is 32.3 Å². The molecule has 1 aliphatic carbocycles. The van der Waals surface area contributed by atoms with Crippen LogP contribution in [0.4, 0.5) is 0 Å². The number of hydrogen-bond acceptors (Lipinski definition) is 7. The van der Waals surface area contributed by atoms with Crippen molar-refractivity contribution < 1.29 is 17.9 Å². The van der Waals surface area contributed by atoms with Gasteiger partial charge in [0.15, 0.2) is 0 Å². The van der Waals surface area contributed by atoms with E-state index in [1.54, 1.807) is 12.1 Å². The van der Waals surface area contributed by atoms with Crippen LogP contribution in [0.15, 0.2) is 53.6 Å². The Balaban J connectivity index is 1.33. The number of fused-ring (bicyclic) bond motifs is 1. The highest BCUT2D eigenvalue weighted by Gasteiger charge is 2.39. The van der Waals surface area contributed by atoms with Crippen LogP contribution in [-0.2, 0) is 34.2 Å². The van der Waals surface area contributed by atoms with Gasteiger partial charge >= 0.3 is 0 Å². The summed E-state index contributed by atoms with van der Waals surface area (Å²) in [6.45, 7) is 6.68. The van der Waals surface area contributed by atoms with Crippen LogP contribution in [0.25, 0.3) is 0 Å². The van der Waals surface area contributed by atoms with Crippen LogP contribution in [0.1, 0.15) is 55.1 Å². The van der Waals surface area contributed by atoms with Crippen LogP contribution in [0.5, 0.6) is 5.75 Å². The van der Waals surface area contributed by atoms with E-state index in [-0.39, 0.29) is 36.4 Å². The summed E-state index contributed by atoms with van der Waals surface area (Å²) in [4.78, 5) is 13.0. The van der Waals surface area contributed by atoms with Crippen molar-refractivity contribution >= 4 is 15.9 Å². The van der Waals surface area contributed by atoms with Gasteiger partial charge in [-0.3, -0.25) is 4.79 Å². The molecule has 1 fully saturated rings. The number of aryl methyl sites for hydroxylation is 1. The number of ether oxygens (including phenoxy) is 1. The molecule has 0 radical (unpaired) electrons. The lowest BCUT2D eigenvalue weighted by atomic mass is 9.86. The van der Waals surface area contributed by atoms with Crippen LogP contribution in [0, 0.1) is 5.92 Å². The summed E-state index contributed by atoms with van der Waals surface area (Å²) in [5.74, 6) is 0.837. The molecule has 11 heteroatoms. The molecule has 2 N–H and O–H groups in total. The summed E-state index contributed by atoms with van der Waals surface area (Å²) < 4.78 is 35.3. The number of sulfonamides is 1. The van der Waals surface area contributed by atoms with E-state index in [1.165, 1.54) is 40.2 Å². The molecule has 1 saturated heterocycles. The highest BCUT2D eigenvalue weighted by Crippen LogP contribution is 2.33. The second-order valence-corrected chi connectivity index (χ2v) is 12.8. The monoisotopic (exact) mass is 566 g/mol. The second kappa shape index (κ2) is 12.1.